The van der Waals surface area contributed by atoms with Crippen LogP contribution in [0, 0.1) is 5.92 Å². The fourth-order valence-corrected chi connectivity index (χ4v) is 3.64. The van der Waals surface area contributed by atoms with Gasteiger partial charge in [-0.25, -0.2) is 0 Å². The quantitative estimate of drug-likeness (QED) is 0.867. The lowest BCUT2D eigenvalue weighted by Crippen LogP contribution is -2.39. The van der Waals surface area contributed by atoms with Gasteiger partial charge in [-0.2, -0.15) is 0 Å². The summed E-state index contributed by atoms with van der Waals surface area (Å²) in [5.74, 6) is 1.58. The summed E-state index contributed by atoms with van der Waals surface area (Å²) in [4.78, 5) is 2.55. The molecule has 2 N–H and O–H groups in total. The number of benzene rings is 1. The van der Waals surface area contributed by atoms with Crippen molar-refractivity contribution in [3.8, 4) is 5.75 Å². The minimum Gasteiger partial charge on any atom is -0.497 e. The number of hydrogen-bond acceptors (Lipinski definition) is 3. The highest BCUT2D eigenvalue weighted by atomic mass is 16.5. The standard InChI is InChI=1S/C17H28N2O/c1-4-16(13-8-10-15(20-3)11-9-13)19(2)17-7-5-6-14(17)12-18/h8-11,14,16-17H,4-7,12,18H2,1-3H3. The van der Waals surface area contributed by atoms with Crippen molar-refractivity contribution in [2.24, 2.45) is 11.7 Å². The van der Waals surface area contributed by atoms with Crippen molar-refractivity contribution in [2.75, 3.05) is 20.7 Å². The number of ether oxygens (including phenoxy) is 1. The molecule has 3 atom stereocenters. The van der Waals surface area contributed by atoms with Gasteiger partial charge in [-0.05, 0) is 56.5 Å². The number of rotatable bonds is 6. The summed E-state index contributed by atoms with van der Waals surface area (Å²) in [7, 11) is 3.97. The average molecular weight is 276 g/mol. The molecule has 0 amide bonds. The van der Waals surface area contributed by atoms with Crippen LogP contribution in [0.2, 0.25) is 0 Å². The second kappa shape index (κ2) is 7.09. The van der Waals surface area contributed by atoms with Crippen LogP contribution < -0.4 is 10.5 Å². The number of methoxy groups -OCH3 is 1. The summed E-state index contributed by atoms with van der Waals surface area (Å²) in [6, 6.07) is 9.60. The molecule has 0 saturated heterocycles. The van der Waals surface area contributed by atoms with E-state index in [2.05, 4.69) is 43.1 Å². The van der Waals surface area contributed by atoms with Gasteiger partial charge in [0.25, 0.3) is 0 Å². The minimum absolute atomic E-state index is 0.470. The summed E-state index contributed by atoms with van der Waals surface area (Å²) in [6.07, 6.45) is 5.00. The van der Waals surface area contributed by atoms with E-state index in [1.54, 1.807) is 7.11 Å². The zero-order chi connectivity index (χ0) is 14.5. The van der Waals surface area contributed by atoms with Crippen LogP contribution in [-0.2, 0) is 0 Å². The monoisotopic (exact) mass is 276 g/mol. The molecule has 20 heavy (non-hydrogen) atoms. The lowest BCUT2D eigenvalue weighted by atomic mass is 9.96. The Hall–Kier alpha value is -1.06. The summed E-state index contributed by atoms with van der Waals surface area (Å²) < 4.78 is 5.25. The topological polar surface area (TPSA) is 38.5 Å². The van der Waals surface area contributed by atoms with Crippen molar-refractivity contribution in [1.82, 2.24) is 4.90 Å². The molecule has 1 aromatic carbocycles. The molecule has 2 rings (SSSR count). The van der Waals surface area contributed by atoms with E-state index < -0.39 is 0 Å². The van der Waals surface area contributed by atoms with Gasteiger partial charge in [0.1, 0.15) is 5.75 Å². The predicted molar refractivity (Wildman–Crippen MR) is 84.0 cm³/mol. The molecule has 1 saturated carbocycles. The van der Waals surface area contributed by atoms with Gasteiger partial charge in [0.2, 0.25) is 0 Å². The lowest BCUT2D eigenvalue weighted by Gasteiger charge is -2.36. The normalized spacial score (nSPS) is 24.1. The molecule has 1 aliphatic rings. The first-order chi connectivity index (χ1) is 9.71. The molecule has 3 unspecified atom stereocenters. The molecule has 1 aliphatic carbocycles. The van der Waals surface area contributed by atoms with E-state index in [1.807, 2.05) is 0 Å². The van der Waals surface area contributed by atoms with Crippen LogP contribution >= 0.6 is 0 Å². The average Bonchev–Trinajstić information content (AvgIpc) is 2.97. The fourth-order valence-electron chi connectivity index (χ4n) is 3.64. The molecule has 0 radical (unpaired) electrons. The predicted octanol–water partition coefficient (Wildman–Crippen LogP) is 3.21. The number of nitrogens with zero attached hydrogens (tertiary/aromatic N) is 1. The molecule has 112 valence electrons. The Kier molecular flexibility index (Phi) is 5.44. The smallest absolute Gasteiger partial charge is 0.118 e. The van der Waals surface area contributed by atoms with E-state index in [4.69, 9.17) is 10.5 Å². The van der Waals surface area contributed by atoms with Gasteiger partial charge in [-0.3, -0.25) is 4.90 Å². The van der Waals surface area contributed by atoms with Crippen LogP contribution in [0.15, 0.2) is 24.3 Å². The Morgan fingerprint density at radius 1 is 1.30 bits per heavy atom. The first-order valence-electron chi connectivity index (χ1n) is 7.77. The van der Waals surface area contributed by atoms with E-state index in [1.165, 1.54) is 24.8 Å². The number of hydrogen-bond donors (Lipinski definition) is 1. The van der Waals surface area contributed by atoms with Gasteiger partial charge < -0.3 is 10.5 Å². The molecular weight excluding hydrogens is 248 g/mol. The third-order valence-electron chi connectivity index (χ3n) is 4.82. The SMILES string of the molecule is CCC(c1ccc(OC)cc1)N(C)C1CCCC1CN. The van der Waals surface area contributed by atoms with E-state index >= 15 is 0 Å². The molecule has 1 aromatic rings. The largest absolute Gasteiger partial charge is 0.497 e. The molecule has 1 fully saturated rings. The van der Waals surface area contributed by atoms with Crippen molar-refractivity contribution in [1.29, 1.82) is 0 Å². The van der Waals surface area contributed by atoms with Crippen molar-refractivity contribution < 1.29 is 4.74 Å². The van der Waals surface area contributed by atoms with Gasteiger partial charge in [0.15, 0.2) is 0 Å². The molecule has 0 heterocycles. The van der Waals surface area contributed by atoms with E-state index in [-0.39, 0.29) is 0 Å². The van der Waals surface area contributed by atoms with Gasteiger partial charge in [0.05, 0.1) is 7.11 Å². The zero-order valence-corrected chi connectivity index (χ0v) is 13.0. The fraction of sp³-hybridized carbons (Fsp3) is 0.647. The minimum atomic E-state index is 0.470. The molecule has 0 spiro atoms. The van der Waals surface area contributed by atoms with Gasteiger partial charge in [-0.1, -0.05) is 25.5 Å². The second-order valence-electron chi connectivity index (χ2n) is 5.86. The van der Waals surface area contributed by atoms with Crippen LogP contribution in [0.25, 0.3) is 0 Å². The van der Waals surface area contributed by atoms with Crippen LogP contribution in [0.3, 0.4) is 0 Å². The van der Waals surface area contributed by atoms with Crippen molar-refractivity contribution in [2.45, 2.75) is 44.7 Å². The Morgan fingerprint density at radius 3 is 2.55 bits per heavy atom. The maximum atomic E-state index is 5.94. The summed E-state index contributed by atoms with van der Waals surface area (Å²) in [5.41, 5.74) is 7.31. The van der Waals surface area contributed by atoms with Crippen molar-refractivity contribution in [3.63, 3.8) is 0 Å². The molecule has 3 nitrogen and oxygen atoms in total. The Labute approximate surface area is 123 Å². The first-order valence-corrected chi connectivity index (χ1v) is 7.77. The van der Waals surface area contributed by atoms with Gasteiger partial charge in [-0.15, -0.1) is 0 Å². The summed E-state index contributed by atoms with van der Waals surface area (Å²) in [5, 5.41) is 0. The van der Waals surface area contributed by atoms with Crippen LogP contribution in [0.1, 0.15) is 44.2 Å². The highest BCUT2D eigenvalue weighted by Crippen LogP contribution is 2.35. The number of nitrogens with two attached hydrogens (primary N) is 1. The maximum Gasteiger partial charge on any atom is 0.118 e. The van der Waals surface area contributed by atoms with Crippen molar-refractivity contribution in [3.05, 3.63) is 29.8 Å². The molecule has 0 aromatic heterocycles. The second-order valence-corrected chi connectivity index (χ2v) is 5.86. The third-order valence-corrected chi connectivity index (χ3v) is 4.82. The third kappa shape index (κ3) is 3.15. The Bertz CT molecular complexity index is 404. The highest BCUT2D eigenvalue weighted by molar-refractivity contribution is 5.29. The Balaban J connectivity index is 2.13. The molecular formula is C17H28N2O. The summed E-state index contributed by atoms with van der Waals surface area (Å²) >= 11 is 0. The van der Waals surface area contributed by atoms with Crippen LogP contribution in [0.5, 0.6) is 5.75 Å². The van der Waals surface area contributed by atoms with E-state index in [9.17, 15) is 0 Å². The molecule has 0 aliphatic heterocycles. The van der Waals surface area contributed by atoms with E-state index in [0.29, 0.717) is 18.0 Å². The highest BCUT2D eigenvalue weighted by Gasteiger charge is 2.32. The summed E-state index contributed by atoms with van der Waals surface area (Å²) in [6.45, 7) is 3.08. The Morgan fingerprint density at radius 2 is 2.00 bits per heavy atom. The maximum absolute atomic E-state index is 5.94. The molecule has 3 heteroatoms. The van der Waals surface area contributed by atoms with E-state index in [0.717, 1.165) is 18.7 Å². The first kappa shape index (κ1) is 15.3. The lowest BCUT2D eigenvalue weighted by molar-refractivity contribution is 0.138. The zero-order valence-electron chi connectivity index (χ0n) is 13.0. The van der Waals surface area contributed by atoms with Gasteiger partial charge in [0, 0.05) is 12.1 Å². The van der Waals surface area contributed by atoms with Gasteiger partial charge >= 0.3 is 0 Å². The van der Waals surface area contributed by atoms with Crippen LogP contribution in [0.4, 0.5) is 0 Å². The molecule has 0 bridgehead atoms. The van der Waals surface area contributed by atoms with Crippen LogP contribution in [-0.4, -0.2) is 31.6 Å². The van der Waals surface area contributed by atoms with Crippen molar-refractivity contribution >= 4 is 0 Å².